The molecule has 0 atom stereocenters. The molecule has 1 aromatic carbocycles. The van der Waals surface area contributed by atoms with Gasteiger partial charge in [0.2, 0.25) is 0 Å². The van der Waals surface area contributed by atoms with Crippen LogP contribution >= 0.6 is 11.8 Å². The summed E-state index contributed by atoms with van der Waals surface area (Å²) in [5, 5.41) is 3.16. The Morgan fingerprint density at radius 3 is 2.87 bits per heavy atom. The minimum atomic E-state index is -0.328. The van der Waals surface area contributed by atoms with Crippen molar-refractivity contribution >= 4 is 17.4 Å². The maximum absolute atomic E-state index is 13.3. The standard InChI is InChI=1S/C11H16FNOS/c1-3-15-7-6-13-9-4-5-11(14-2)10(12)8-9/h4-5,8,13H,3,6-7H2,1-2H3. The molecule has 4 heteroatoms. The van der Waals surface area contributed by atoms with E-state index in [0.717, 1.165) is 23.7 Å². The third-order valence-corrected chi connectivity index (χ3v) is 2.83. The van der Waals surface area contributed by atoms with E-state index in [4.69, 9.17) is 4.74 Å². The molecule has 0 unspecified atom stereocenters. The van der Waals surface area contributed by atoms with E-state index >= 15 is 0 Å². The number of benzene rings is 1. The minimum Gasteiger partial charge on any atom is -0.494 e. The molecular weight excluding hydrogens is 213 g/mol. The minimum absolute atomic E-state index is 0.281. The van der Waals surface area contributed by atoms with Crippen molar-refractivity contribution in [3.8, 4) is 5.75 Å². The van der Waals surface area contributed by atoms with Crippen LogP contribution in [0.5, 0.6) is 5.75 Å². The van der Waals surface area contributed by atoms with Crippen LogP contribution in [0.15, 0.2) is 18.2 Å². The Kier molecular flexibility index (Phi) is 5.32. The number of hydrogen-bond donors (Lipinski definition) is 1. The summed E-state index contributed by atoms with van der Waals surface area (Å²) in [6, 6.07) is 4.90. The van der Waals surface area contributed by atoms with E-state index in [1.807, 2.05) is 17.8 Å². The molecule has 1 rings (SSSR count). The zero-order valence-electron chi connectivity index (χ0n) is 9.05. The highest BCUT2D eigenvalue weighted by Gasteiger charge is 2.02. The van der Waals surface area contributed by atoms with Crippen LogP contribution in [0.2, 0.25) is 0 Å². The number of ether oxygens (including phenoxy) is 1. The Bertz CT molecular complexity index is 307. The second-order valence-electron chi connectivity index (χ2n) is 2.97. The predicted octanol–water partition coefficient (Wildman–Crippen LogP) is 3.00. The molecule has 0 radical (unpaired) electrons. The van der Waals surface area contributed by atoms with Crippen molar-refractivity contribution in [3.63, 3.8) is 0 Å². The molecule has 0 spiro atoms. The average Bonchev–Trinajstić information content (AvgIpc) is 2.25. The van der Waals surface area contributed by atoms with Crippen molar-refractivity contribution in [2.24, 2.45) is 0 Å². The first kappa shape index (κ1) is 12.2. The van der Waals surface area contributed by atoms with Crippen LogP contribution in [-0.4, -0.2) is 25.2 Å². The van der Waals surface area contributed by atoms with Crippen molar-refractivity contribution in [2.45, 2.75) is 6.92 Å². The maximum Gasteiger partial charge on any atom is 0.167 e. The summed E-state index contributed by atoms with van der Waals surface area (Å²) in [5.41, 5.74) is 0.796. The Balaban J connectivity index is 2.45. The number of thioether (sulfide) groups is 1. The van der Waals surface area contributed by atoms with Gasteiger partial charge in [-0.05, 0) is 17.9 Å². The molecule has 0 fully saturated rings. The smallest absolute Gasteiger partial charge is 0.167 e. The van der Waals surface area contributed by atoms with Gasteiger partial charge in [-0.15, -0.1) is 0 Å². The lowest BCUT2D eigenvalue weighted by Crippen LogP contribution is -2.04. The molecule has 1 N–H and O–H groups in total. The van der Waals surface area contributed by atoms with Gasteiger partial charge in [-0.3, -0.25) is 0 Å². The van der Waals surface area contributed by atoms with Crippen LogP contribution in [0, 0.1) is 5.82 Å². The van der Waals surface area contributed by atoms with Crippen molar-refractivity contribution in [1.29, 1.82) is 0 Å². The summed E-state index contributed by atoms with van der Waals surface area (Å²) in [4.78, 5) is 0. The number of hydrogen-bond acceptors (Lipinski definition) is 3. The summed E-state index contributed by atoms with van der Waals surface area (Å²) in [5.74, 6) is 2.09. The van der Waals surface area contributed by atoms with Crippen LogP contribution < -0.4 is 10.1 Å². The summed E-state index contributed by atoms with van der Waals surface area (Å²) >= 11 is 1.86. The van der Waals surface area contributed by atoms with Gasteiger partial charge in [-0.25, -0.2) is 4.39 Å². The summed E-state index contributed by atoms with van der Waals surface area (Å²) in [7, 11) is 1.46. The first-order valence-electron chi connectivity index (χ1n) is 4.93. The highest BCUT2D eigenvalue weighted by molar-refractivity contribution is 7.99. The summed E-state index contributed by atoms with van der Waals surface area (Å²) < 4.78 is 18.1. The van der Waals surface area contributed by atoms with E-state index in [1.165, 1.54) is 13.2 Å². The van der Waals surface area contributed by atoms with Gasteiger partial charge in [0, 0.05) is 24.1 Å². The van der Waals surface area contributed by atoms with E-state index in [2.05, 4.69) is 12.2 Å². The van der Waals surface area contributed by atoms with Gasteiger partial charge in [-0.1, -0.05) is 6.92 Å². The van der Waals surface area contributed by atoms with Crippen LogP contribution in [-0.2, 0) is 0 Å². The monoisotopic (exact) mass is 229 g/mol. The van der Waals surface area contributed by atoms with Gasteiger partial charge < -0.3 is 10.1 Å². The molecular formula is C11H16FNOS. The van der Waals surface area contributed by atoms with Gasteiger partial charge in [0.15, 0.2) is 11.6 Å². The van der Waals surface area contributed by atoms with Crippen LogP contribution in [0.4, 0.5) is 10.1 Å². The van der Waals surface area contributed by atoms with E-state index in [-0.39, 0.29) is 11.6 Å². The second-order valence-corrected chi connectivity index (χ2v) is 4.37. The zero-order valence-corrected chi connectivity index (χ0v) is 9.86. The van der Waals surface area contributed by atoms with Crippen LogP contribution in [0.25, 0.3) is 0 Å². The molecule has 0 bridgehead atoms. The number of nitrogens with one attached hydrogen (secondary N) is 1. The van der Waals surface area contributed by atoms with Gasteiger partial charge in [0.1, 0.15) is 0 Å². The van der Waals surface area contributed by atoms with Crippen LogP contribution in [0.3, 0.4) is 0 Å². The molecule has 0 aromatic heterocycles. The highest BCUT2D eigenvalue weighted by Crippen LogP contribution is 2.20. The van der Waals surface area contributed by atoms with Gasteiger partial charge >= 0.3 is 0 Å². The summed E-state index contributed by atoms with van der Waals surface area (Å²) in [6.07, 6.45) is 0. The third-order valence-electron chi connectivity index (χ3n) is 1.93. The van der Waals surface area contributed by atoms with E-state index < -0.39 is 0 Å². The fourth-order valence-corrected chi connectivity index (χ4v) is 1.72. The van der Waals surface area contributed by atoms with E-state index in [1.54, 1.807) is 6.07 Å². The van der Waals surface area contributed by atoms with Gasteiger partial charge in [0.25, 0.3) is 0 Å². The molecule has 2 nitrogen and oxygen atoms in total. The largest absolute Gasteiger partial charge is 0.494 e. The molecule has 0 saturated carbocycles. The summed E-state index contributed by atoms with van der Waals surface area (Å²) in [6.45, 7) is 2.97. The maximum atomic E-state index is 13.3. The number of halogens is 1. The molecule has 0 saturated heterocycles. The number of rotatable bonds is 6. The topological polar surface area (TPSA) is 21.3 Å². The third kappa shape index (κ3) is 4.00. The van der Waals surface area contributed by atoms with Gasteiger partial charge in [-0.2, -0.15) is 11.8 Å². The van der Waals surface area contributed by atoms with Gasteiger partial charge in [0.05, 0.1) is 7.11 Å². The predicted molar refractivity (Wildman–Crippen MR) is 64.4 cm³/mol. The van der Waals surface area contributed by atoms with E-state index in [9.17, 15) is 4.39 Å². The Morgan fingerprint density at radius 1 is 1.47 bits per heavy atom. The number of methoxy groups -OCH3 is 1. The lowest BCUT2D eigenvalue weighted by Gasteiger charge is -2.07. The van der Waals surface area contributed by atoms with Crippen molar-refractivity contribution in [1.82, 2.24) is 0 Å². The van der Waals surface area contributed by atoms with Crippen molar-refractivity contribution in [3.05, 3.63) is 24.0 Å². The lowest BCUT2D eigenvalue weighted by molar-refractivity contribution is 0.386. The van der Waals surface area contributed by atoms with E-state index in [0.29, 0.717) is 0 Å². The first-order valence-corrected chi connectivity index (χ1v) is 6.08. The fraction of sp³-hybridized carbons (Fsp3) is 0.455. The molecule has 0 aliphatic carbocycles. The molecule has 0 aliphatic heterocycles. The molecule has 1 aromatic rings. The van der Waals surface area contributed by atoms with Crippen LogP contribution in [0.1, 0.15) is 6.92 Å². The zero-order chi connectivity index (χ0) is 11.1. The Labute approximate surface area is 94.2 Å². The van der Waals surface area contributed by atoms with Crippen molar-refractivity contribution in [2.75, 3.05) is 30.5 Å². The second kappa shape index (κ2) is 6.56. The quantitative estimate of drug-likeness (QED) is 0.758. The SMILES string of the molecule is CCSCCNc1ccc(OC)c(F)c1. The average molecular weight is 229 g/mol. The molecule has 15 heavy (non-hydrogen) atoms. The molecule has 0 aliphatic rings. The molecule has 0 heterocycles. The normalized spacial score (nSPS) is 10.1. The number of anilines is 1. The van der Waals surface area contributed by atoms with Crippen molar-refractivity contribution < 1.29 is 9.13 Å². The first-order chi connectivity index (χ1) is 7.27. The molecule has 84 valence electrons. The highest BCUT2D eigenvalue weighted by atomic mass is 32.2. The molecule has 0 amide bonds. The Morgan fingerprint density at radius 2 is 2.27 bits per heavy atom. The Hall–Kier alpha value is -0.900. The fourth-order valence-electron chi connectivity index (χ4n) is 1.19. The lowest BCUT2D eigenvalue weighted by atomic mass is 10.3.